The van der Waals surface area contributed by atoms with E-state index in [1.54, 1.807) is 0 Å². The average molecular weight is 389 g/mol. The van der Waals surface area contributed by atoms with Gasteiger partial charge in [0.2, 0.25) is 5.91 Å². The van der Waals surface area contributed by atoms with Gasteiger partial charge in [-0.1, -0.05) is 19.3 Å². The molecule has 10 heteroatoms. The number of nitrogens with one attached hydrogen (secondary N) is 4. The number of carbonyl (C=O) groups excluding carboxylic acids is 1. The van der Waals surface area contributed by atoms with Gasteiger partial charge in [-0.3, -0.25) is 9.59 Å². The topological polar surface area (TPSA) is 106 Å². The van der Waals surface area contributed by atoms with Gasteiger partial charge in [0.1, 0.15) is 11.7 Å². The SMILES string of the molecule is O=C(CSC1NNNN1C1CCCC(C(=O)O)C1)NC1CCCCC1F. The number of halogens is 1. The highest BCUT2D eigenvalue weighted by Crippen LogP contribution is 2.30. The molecule has 0 aromatic heterocycles. The summed E-state index contributed by atoms with van der Waals surface area (Å²) in [6.07, 6.45) is 5.20. The number of carbonyl (C=O) groups is 2. The van der Waals surface area contributed by atoms with E-state index in [-0.39, 0.29) is 35.2 Å². The van der Waals surface area contributed by atoms with Crippen LogP contribution in [0.2, 0.25) is 0 Å². The van der Waals surface area contributed by atoms with Crippen LogP contribution < -0.4 is 21.8 Å². The molecule has 0 radical (unpaired) electrons. The van der Waals surface area contributed by atoms with E-state index in [0.29, 0.717) is 25.7 Å². The Morgan fingerprint density at radius 3 is 2.77 bits per heavy atom. The van der Waals surface area contributed by atoms with E-state index in [1.807, 2.05) is 5.01 Å². The number of thioether (sulfide) groups is 1. The Kier molecular flexibility index (Phi) is 7.10. The molecule has 3 fully saturated rings. The molecule has 148 valence electrons. The lowest BCUT2D eigenvalue weighted by molar-refractivity contribution is -0.143. The van der Waals surface area contributed by atoms with Crippen LogP contribution in [-0.2, 0) is 9.59 Å². The first-order chi connectivity index (χ1) is 12.5. The second-order valence-corrected chi connectivity index (χ2v) is 8.35. The molecule has 3 rings (SSSR count). The molecule has 0 aromatic carbocycles. The van der Waals surface area contributed by atoms with Crippen LogP contribution in [0.3, 0.4) is 0 Å². The van der Waals surface area contributed by atoms with Crippen molar-refractivity contribution < 1.29 is 19.1 Å². The van der Waals surface area contributed by atoms with E-state index < -0.39 is 12.1 Å². The quantitative estimate of drug-likeness (QED) is 0.456. The lowest BCUT2D eigenvalue weighted by atomic mass is 9.85. The maximum atomic E-state index is 13.8. The van der Waals surface area contributed by atoms with Crippen LogP contribution in [0.15, 0.2) is 0 Å². The summed E-state index contributed by atoms with van der Waals surface area (Å²) in [5, 5.41) is 14.0. The number of nitrogens with zero attached hydrogens (tertiary/aromatic N) is 1. The smallest absolute Gasteiger partial charge is 0.306 e. The molecule has 1 aliphatic heterocycles. The molecule has 2 saturated carbocycles. The van der Waals surface area contributed by atoms with Crippen molar-refractivity contribution in [1.29, 1.82) is 0 Å². The fourth-order valence-electron chi connectivity index (χ4n) is 3.98. The summed E-state index contributed by atoms with van der Waals surface area (Å²) in [6, 6.07) is -0.281. The van der Waals surface area contributed by atoms with E-state index in [4.69, 9.17) is 0 Å². The fourth-order valence-corrected chi connectivity index (χ4v) is 4.90. The zero-order valence-electron chi connectivity index (χ0n) is 14.7. The summed E-state index contributed by atoms with van der Waals surface area (Å²) in [5.41, 5.74) is 8.71. The van der Waals surface area contributed by atoms with Crippen molar-refractivity contribution in [2.45, 2.75) is 75.1 Å². The van der Waals surface area contributed by atoms with Gasteiger partial charge in [-0.15, -0.1) is 11.8 Å². The van der Waals surface area contributed by atoms with Crippen molar-refractivity contribution in [3.63, 3.8) is 0 Å². The number of amides is 1. The zero-order valence-corrected chi connectivity index (χ0v) is 15.6. The molecule has 1 amide bonds. The molecular weight excluding hydrogens is 361 g/mol. The van der Waals surface area contributed by atoms with Crippen molar-refractivity contribution >= 4 is 23.6 Å². The molecule has 5 atom stereocenters. The third-order valence-electron chi connectivity index (χ3n) is 5.42. The maximum absolute atomic E-state index is 13.8. The first-order valence-corrected chi connectivity index (χ1v) is 10.4. The van der Waals surface area contributed by atoms with Gasteiger partial charge in [0.25, 0.3) is 0 Å². The Bertz CT molecular complexity index is 514. The lowest BCUT2D eigenvalue weighted by Gasteiger charge is -2.35. The molecule has 0 spiro atoms. The number of alkyl halides is 1. The molecule has 8 nitrogen and oxygen atoms in total. The minimum atomic E-state index is -0.947. The molecule has 0 aromatic rings. The van der Waals surface area contributed by atoms with Crippen LogP contribution in [0.25, 0.3) is 0 Å². The highest BCUT2D eigenvalue weighted by molar-refractivity contribution is 8.00. The molecule has 5 N–H and O–H groups in total. The molecule has 5 unspecified atom stereocenters. The van der Waals surface area contributed by atoms with Crippen LogP contribution in [0.4, 0.5) is 4.39 Å². The number of carboxylic acids is 1. The first-order valence-electron chi connectivity index (χ1n) is 9.37. The van der Waals surface area contributed by atoms with Crippen LogP contribution in [0, 0.1) is 5.92 Å². The Labute approximate surface area is 156 Å². The van der Waals surface area contributed by atoms with Crippen LogP contribution in [-0.4, -0.2) is 51.5 Å². The second-order valence-electron chi connectivity index (χ2n) is 7.28. The average Bonchev–Trinajstić information content (AvgIpc) is 3.11. The van der Waals surface area contributed by atoms with E-state index >= 15 is 0 Å². The largest absolute Gasteiger partial charge is 0.481 e. The van der Waals surface area contributed by atoms with E-state index in [1.165, 1.54) is 11.8 Å². The van der Waals surface area contributed by atoms with Crippen LogP contribution in [0.1, 0.15) is 51.4 Å². The zero-order chi connectivity index (χ0) is 18.5. The van der Waals surface area contributed by atoms with Crippen molar-refractivity contribution in [1.82, 2.24) is 26.8 Å². The number of carboxylic acid groups (broad SMARTS) is 1. The van der Waals surface area contributed by atoms with Gasteiger partial charge in [0, 0.05) is 6.04 Å². The minimum Gasteiger partial charge on any atom is -0.481 e. The van der Waals surface area contributed by atoms with Gasteiger partial charge in [0.05, 0.1) is 17.7 Å². The minimum absolute atomic E-state index is 0.0847. The Morgan fingerprint density at radius 1 is 1.19 bits per heavy atom. The summed E-state index contributed by atoms with van der Waals surface area (Å²) in [6.45, 7) is 0. The molecule has 3 aliphatic rings. The highest BCUT2D eigenvalue weighted by atomic mass is 32.2. The summed E-state index contributed by atoms with van der Waals surface area (Å²) in [7, 11) is 0. The number of rotatable bonds is 6. The lowest BCUT2D eigenvalue weighted by Crippen LogP contribution is -2.49. The summed E-state index contributed by atoms with van der Waals surface area (Å²) in [4.78, 5) is 23.4. The Morgan fingerprint density at radius 2 is 2.00 bits per heavy atom. The predicted molar refractivity (Wildman–Crippen MR) is 96.2 cm³/mol. The molecule has 1 heterocycles. The van der Waals surface area contributed by atoms with Gasteiger partial charge >= 0.3 is 5.97 Å². The molecule has 0 bridgehead atoms. The molecule has 26 heavy (non-hydrogen) atoms. The van der Waals surface area contributed by atoms with E-state index in [9.17, 15) is 19.1 Å². The van der Waals surface area contributed by atoms with Gasteiger partial charge in [-0.25, -0.2) is 9.82 Å². The van der Waals surface area contributed by atoms with Crippen molar-refractivity contribution in [2.75, 3.05) is 5.75 Å². The monoisotopic (exact) mass is 389 g/mol. The first kappa shape index (κ1) is 19.8. The van der Waals surface area contributed by atoms with Gasteiger partial charge in [-0.05, 0) is 32.1 Å². The summed E-state index contributed by atoms with van der Waals surface area (Å²) < 4.78 is 13.8. The number of hydrazine groups is 3. The fraction of sp³-hybridized carbons (Fsp3) is 0.875. The predicted octanol–water partition coefficient (Wildman–Crippen LogP) is 0.873. The Balaban J connectivity index is 1.46. The summed E-state index contributed by atoms with van der Waals surface area (Å²) >= 11 is 1.40. The number of hydrogen-bond donors (Lipinski definition) is 5. The number of aliphatic carboxylic acids is 1. The third kappa shape index (κ3) is 5.07. The number of hydrogen-bond acceptors (Lipinski definition) is 7. The van der Waals surface area contributed by atoms with Crippen molar-refractivity contribution in [3.05, 3.63) is 0 Å². The maximum Gasteiger partial charge on any atom is 0.306 e. The Hall–Kier alpha value is -0.940. The summed E-state index contributed by atoms with van der Waals surface area (Å²) in [5.74, 6) is -1.01. The van der Waals surface area contributed by atoms with Crippen LogP contribution in [0.5, 0.6) is 0 Å². The van der Waals surface area contributed by atoms with Gasteiger partial charge in [-0.2, -0.15) is 16.1 Å². The van der Waals surface area contributed by atoms with E-state index in [2.05, 4.69) is 21.8 Å². The molecule has 1 saturated heterocycles. The third-order valence-corrected chi connectivity index (χ3v) is 6.51. The van der Waals surface area contributed by atoms with Gasteiger partial charge < -0.3 is 10.4 Å². The van der Waals surface area contributed by atoms with Crippen molar-refractivity contribution in [3.8, 4) is 0 Å². The molecular formula is C16H28FN5O3S. The second kappa shape index (κ2) is 9.32. The van der Waals surface area contributed by atoms with E-state index in [0.717, 1.165) is 25.7 Å². The highest BCUT2D eigenvalue weighted by Gasteiger charge is 2.36. The van der Waals surface area contributed by atoms with Gasteiger partial charge in [0.15, 0.2) is 0 Å². The van der Waals surface area contributed by atoms with Crippen LogP contribution >= 0.6 is 11.8 Å². The van der Waals surface area contributed by atoms with Crippen molar-refractivity contribution in [2.24, 2.45) is 5.92 Å². The molecule has 2 aliphatic carbocycles. The standard InChI is InChI=1S/C16H28FN5O3S/c17-12-6-1-2-7-13(12)18-14(23)9-26-16-19-20-21-22(16)11-5-3-4-10(8-11)15(24)25/h10-13,16,19-21H,1-9H2,(H,18,23)(H,24,25). The normalized spacial score (nSPS) is 36.0.